The number of hydrogen-bond donors (Lipinski definition) is 1. The van der Waals surface area contributed by atoms with E-state index in [9.17, 15) is 31.2 Å². The molecule has 0 spiro atoms. The third-order valence-electron chi connectivity index (χ3n) is 6.40. The van der Waals surface area contributed by atoms with E-state index in [1.54, 1.807) is 18.2 Å². The molecule has 0 saturated carbocycles. The van der Waals surface area contributed by atoms with E-state index >= 15 is 0 Å². The van der Waals surface area contributed by atoms with Crippen LogP contribution >= 0.6 is 23.4 Å². The highest BCUT2D eigenvalue weighted by Gasteiger charge is 2.36. The molecule has 0 radical (unpaired) electrons. The quantitative estimate of drug-likeness (QED) is 0.255. The summed E-state index contributed by atoms with van der Waals surface area (Å²) in [4.78, 5) is 26.4. The number of thioether (sulfide) groups is 1. The maximum atomic E-state index is 13.5. The number of nitrogens with zero attached hydrogens (tertiary/aromatic N) is 4. The highest BCUT2D eigenvalue weighted by molar-refractivity contribution is 8.18. The van der Waals surface area contributed by atoms with Gasteiger partial charge in [0, 0.05) is 23.5 Å². The minimum absolute atomic E-state index is 0.00337. The molecule has 0 bridgehead atoms. The Balaban J connectivity index is 1.29. The van der Waals surface area contributed by atoms with Crippen molar-refractivity contribution in [2.75, 3.05) is 13.1 Å². The zero-order valence-corrected chi connectivity index (χ0v) is 24.3. The van der Waals surface area contributed by atoms with Gasteiger partial charge in [0.05, 0.1) is 28.7 Å². The van der Waals surface area contributed by atoms with Crippen LogP contribution < -0.4 is 4.72 Å². The summed E-state index contributed by atoms with van der Waals surface area (Å²) in [6, 6.07) is 8.57. The minimum Gasteiger partial charge on any atom is -0.360 e. The van der Waals surface area contributed by atoms with Crippen LogP contribution in [0.4, 0.5) is 18.0 Å². The average molecular weight is 640 g/mol. The number of hydrogen-bond acceptors (Lipinski definition) is 8. The van der Waals surface area contributed by atoms with Crippen LogP contribution in [0.25, 0.3) is 17.0 Å². The second kappa shape index (κ2) is 11.2. The summed E-state index contributed by atoms with van der Waals surface area (Å²) in [7, 11) is -3.96. The van der Waals surface area contributed by atoms with Crippen molar-refractivity contribution >= 4 is 61.5 Å². The topological polar surface area (TPSA) is 127 Å². The van der Waals surface area contributed by atoms with Crippen molar-refractivity contribution in [3.63, 3.8) is 0 Å². The first-order valence-corrected chi connectivity index (χ1v) is 14.9. The molecule has 4 aromatic rings. The van der Waals surface area contributed by atoms with Gasteiger partial charge in [0.1, 0.15) is 10.6 Å². The molecule has 0 atom stereocenters. The number of aryl methyl sites for hydroxylation is 2. The summed E-state index contributed by atoms with van der Waals surface area (Å²) in [5, 5.41) is 7.88. The summed E-state index contributed by atoms with van der Waals surface area (Å²) in [6.45, 7) is 2.39. The summed E-state index contributed by atoms with van der Waals surface area (Å²) in [5.74, 6) is -0.465. The van der Waals surface area contributed by atoms with Gasteiger partial charge in [-0.1, -0.05) is 28.9 Å². The van der Waals surface area contributed by atoms with E-state index in [2.05, 4.69) is 15.0 Å². The predicted molar refractivity (Wildman–Crippen MR) is 149 cm³/mol. The van der Waals surface area contributed by atoms with Gasteiger partial charge in [-0.25, -0.2) is 13.1 Å². The minimum atomic E-state index is -4.58. The van der Waals surface area contributed by atoms with Crippen LogP contribution in [0.3, 0.4) is 0 Å². The number of sulfonamides is 1. The molecule has 16 heteroatoms. The van der Waals surface area contributed by atoms with E-state index in [0.29, 0.717) is 28.2 Å². The molecular weight excluding hydrogens is 619 g/mol. The van der Waals surface area contributed by atoms with Gasteiger partial charge in [-0.05, 0) is 67.1 Å². The lowest BCUT2D eigenvalue weighted by Gasteiger charge is -2.14. The van der Waals surface area contributed by atoms with E-state index in [1.165, 1.54) is 42.9 Å². The molecule has 42 heavy (non-hydrogen) atoms. The SMILES string of the molecule is Cc1noc(C)c1S(=O)(=O)NCCN1C(=O)S/C(=C\c2ccc3c(cnn3Cc3ccc(Cl)cc3C(F)(F)F)c2)C1=O. The molecule has 1 fully saturated rings. The molecule has 5 rings (SSSR count). The summed E-state index contributed by atoms with van der Waals surface area (Å²) >= 11 is 6.49. The molecule has 1 aliphatic heterocycles. The maximum absolute atomic E-state index is 13.5. The number of nitrogens with one attached hydrogen (secondary N) is 1. The van der Waals surface area contributed by atoms with E-state index in [0.717, 1.165) is 11.0 Å². The molecule has 1 aliphatic rings. The summed E-state index contributed by atoms with van der Waals surface area (Å²) in [6.07, 6.45) is -1.58. The number of benzene rings is 2. The van der Waals surface area contributed by atoms with Crippen LogP contribution in [0, 0.1) is 13.8 Å². The summed E-state index contributed by atoms with van der Waals surface area (Å²) < 4.78 is 74.4. The molecule has 0 aliphatic carbocycles. The van der Waals surface area contributed by atoms with Crippen molar-refractivity contribution in [2.24, 2.45) is 0 Å². The van der Waals surface area contributed by atoms with E-state index < -0.39 is 32.9 Å². The molecule has 220 valence electrons. The number of carbonyl (C=O) groups is 2. The zero-order chi connectivity index (χ0) is 30.4. The number of aromatic nitrogens is 3. The Labute approximate surface area is 246 Å². The molecular formula is C26H21ClF3N5O5S2. The number of halogens is 4. The fourth-order valence-electron chi connectivity index (χ4n) is 4.50. The lowest BCUT2D eigenvalue weighted by molar-refractivity contribution is -0.138. The number of imide groups is 1. The predicted octanol–water partition coefficient (Wildman–Crippen LogP) is 5.38. The number of carbonyl (C=O) groups excluding carboxylic acids is 2. The Kier molecular flexibility index (Phi) is 7.96. The molecule has 3 heterocycles. The fourth-order valence-corrected chi connectivity index (χ4v) is 6.88. The van der Waals surface area contributed by atoms with Crippen molar-refractivity contribution in [3.8, 4) is 0 Å². The lowest BCUT2D eigenvalue weighted by Crippen LogP contribution is -2.37. The Morgan fingerprint density at radius 1 is 1.14 bits per heavy atom. The fraction of sp³-hybridized carbons (Fsp3) is 0.231. The summed E-state index contributed by atoms with van der Waals surface area (Å²) in [5.41, 5.74) is 0.474. The monoisotopic (exact) mass is 639 g/mol. The van der Waals surface area contributed by atoms with Crippen molar-refractivity contribution in [3.05, 3.63) is 80.7 Å². The third-order valence-corrected chi connectivity index (χ3v) is 9.25. The van der Waals surface area contributed by atoms with Gasteiger partial charge in [-0.3, -0.25) is 19.2 Å². The van der Waals surface area contributed by atoms with Gasteiger partial charge >= 0.3 is 6.18 Å². The highest BCUT2D eigenvalue weighted by atomic mass is 35.5. The van der Waals surface area contributed by atoms with Crippen LogP contribution in [0.2, 0.25) is 5.02 Å². The molecule has 2 amide bonds. The molecule has 1 N–H and O–H groups in total. The number of fused-ring (bicyclic) bond motifs is 1. The van der Waals surface area contributed by atoms with Gasteiger partial charge in [-0.2, -0.15) is 18.3 Å². The zero-order valence-electron chi connectivity index (χ0n) is 21.9. The van der Waals surface area contributed by atoms with Gasteiger partial charge in [0.15, 0.2) is 5.76 Å². The first kappa shape index (κ1) is 29.8. The lowest BCUT2D eigenvalue weighted by atomic mass is 10.1. The maximum Gasteiger partial charge on any atom is 0.416 e. The van der Waals surface area contributed by atoms with E-state index in [-0.39, 0.29) is 51.5 Å². The number of alkyl halides is 3. The van der Waals surface area contributed by atoms with Crippen molar-refractivity contribution < 1.29 is 35.7 Å². The highest BCUT2D eigenvalue weighted by Crippen LogP contribution is 2.35. The normalized spacial score (nSPS) is 15.5. The average Bonchev–Trinajstić information content (AvgIpc) is 3.55. The first-order valence-electron chi connectivity index (χ1n) is 12.2. The molecule has 1 saturated heterocycles. The van der Waals surface area contributed by atoms with Crippen molar-refractivity contribution in [2.45, 2.75) is 31.5 Å². The third kappa shape index (κ3) is 5.95. The van der Waals surface area contributed by atoms with Crippen molar-refractivity contribution in [1.82, 2.24) is 24.6 Å². The standard InChI is InChI=1S/C26H21ClF3N5O5S2/c1-14-23(15(2)40-33-14)42(38,39)32-7-8-34-24(36)22(41-25(34)37)10-16-3-6-21-18(9-16)12-31-35(21)13-17-4-5-19(27)11-20(17)26(28,29)30/h3-6,9-12,32H,7-8,13H2,1-2H3/b22-10-. The number of amides is 2. The van der Waals surface area contributed by atoms with Crippen LogP contribution in [0.15, 0.2) is 56.9 Å². The van der Waals surface area contributed by atoms with Crippen LogP contribution in [-0.2, 0) is 27.5 Å². The second-order valence-electron chi connectivity index (χ2n) is 9.30. The van der Waals surface area contributed by atoms with Gasteiger partial charge in [-0.15, -0.1) is 0 Å². The number of rotatable bonds is 8. The molecule has 0 unspecified atom stereocenters. The van der Waals surface area contributed by atoms with Crippen LogP contribution in [-0.4, -0.2) is 52.5 Å². The Hall–Kier alpha value is -3.66. The van der Waals surface area contributed by atoms with Gasteiger partial charge in [0.2, 0.25) is 10.0 Å². The molecule has 10 nitrogen and oxygen atoms in total. The Morgan fingerprint density at radius 3 is 2.60 bits per heavy atom. The second-order valence-corrected chi connectivity index (χ2v) is 12.4. The smallest absolute Gasteiger partial charge is 0.360 e. The Bertz CT molecular complexity index is 1850. The first-order chi connectivity index (χ1) is 19.7. The van der Waals surface area contributed by atoms with Crippen molar-refractivity contribution in [1.29, 1.82) is 0 Å². The largest absolute Gasteiger partial charge is 0.416 e. The van der Waals surface area contributed by atoms with E-state index in [1.807, 2.05) is 0 Å². The molecule has 2 aromatic heterocycles. The Morgan fingerprint density at radius 2 is 1.90 bits per heavy atom. The van der Waals surface area contributed by atoms with Gasteiger partial charge in [0.25, 0.3) is 11.1 Å². The molecule has 2 aromatic carbocycles. The van der Waals surface area contributed by atoms with E-state index in [4.69, 9.17) is 16.1 Å². The van der Waals surface area contributed by atoms with Gasteiger partial charge < -0.3 is 4.52 Å². The van der Waals surface area contributed by atoms with Crippen LogP contribution in [0.5, 0.6) is 0 Å². The van der Waals surface area contributed by atoms with Crippen LogP contribution in [0.1, 0.15) is 28.1 Å².